The molecule has 1 aromatic carbocycles. The number of phenols is 1. The van der Waals surface area contributed by atoms with Crippen molar-refractivity contribution in [1.29, 1.82) is 0 Å². The molecule has 0 saturated carbocycles. The van der Waals surface area contributed by atoms with Crippen LogP contribution >= 0.6 is 0 Å². The number of phenolic OH excluding ortho intramolecular Hbond substituents is 1. The average Bonchev–Trinajstić information content (AvgIpc) is 3.04. The maximum atomic E-state index is 9.44. The van der Waals surface area contributed by atoms with Crippen LogP contribution in [0.1, 0.15) is 24.8 Å². The summed E-state index contributed by atoms with van der Waals surface area (Å²) in [5, 5.41) is 9.44. The molecule has 2 fully saturated rings. The molecule has 0 amide bonds. The molecule has 104 valence electrons. The van der Waals surface area contributed by atoms with E-state index in [2.05, 4.69) is 9.80 Å². The average molecular weight is 261 g/mol. The molecule has 1 unspecified atom stereocenters. The first kappa shape index (κ1) is 12.8. The lowest BCUT2D eigenvalue weighted by Crippen LogP contribution is -2.35. The van der Waals surface area contributed by atoms with Gasteiger partial charge in [0, 0.05) is 25.7 Å². The lowest BCUT2D eigenvalue weighted by atomic mass is 10.2. The van der Waals surface area contributed by atoms with Crippen LogP contribution in [0.15, 0.2) is 18.2 Å². The third-order valence-corrected chi connectivity index (χ3v) is 4.40. The first-order valence-electron chi connectivity index (χ1n) is 7.26. The zero-order valence-corrected chi connectivity index (χ0v) is 11.4. The summed E-state index contributed by atoms with van der Waals surface area (Å²) in [6.07, 6.45) is 4.02. The second kappa shape index (κ2) is 5.39. The molecular formula is C15H23N3O. The number of hydrogen-bond donors (Lipinski definition) is 2. The highest BCUT2D eigenvalue weighted by atomic mass is 16.3. The van der Waals surface area contributed by atoms with Gasteiger partial charge in [0.25, 0.3) is 0 Å². The van der Waals surface area contributed by atoms with Crippen molar-refractivity contribution in [3.05, 3.63) is 23.8 Å². The van der Waals surface area contributed by atoms with Crippen LogP contribution < -0.4 is 5.73 Å². The van der Waals surface area contributed by atoms with Crippen molar-refractivity contribution in [3.8, 4) is 5.75 Å². The first-order chi connectivity index (χ1) is 9.22. The summed E-state index contributed by atoms with van der Waals surface area (Å²) in [4.78, 5) is 5.14. The first-order valence-corrected chi connectivity index (χ1v) is 7.26. The van der Waals surface area contributed by atoms with E-state index in [1.165, 1.54) is 51.0 Å². The molecule has 19 heavy (non-hydrogen) atoms. The molecule has 0 aromatic heterocycles. The summed E-state index contributed by atoms with van der Waals surface area (Å²) in [6, 6.07) is 6.29. The highest BCUT2D eigenvalue weighted by Gasteiger charge is 2.28. The summed E-state index contributed by atoms with van der Waals surface area (Å²) in [5.74, 6) is 0.181. The fraction of sp³-hybridized carbons (Fsp3) is 0.600. The van der Waals surface area contributed by atoms with Gasteiger partial charge in [-0.3, -0.25) is 9.80 Å². The second-order valence-electron chi connectivity index (χ2n) is 5.81. The van der Waals surface area contributed by atoms with E-state index in [0.717, 1.165) is 12.6 Å². The van der Waals surface area contributed by atoms with Crippen LogP contribution in [-0.2, 0) is 6.54 Å². The molecular weight excluding hydrogens is 238 g/mol. The van der Waals surface area contributed by atoms with Gasteiger partial charge in [0.05, 0.1) is 5.69 Å². The largest absolute Gasteiger partial charge is 0.506 e. The van der Waals surface area contributed by atoms with Crippen molar-refractivity contribution in [2.45, 2.75) is 31.8 Å². The third-order valence-electron chi connectivity index (χ3n) is 4.40. The van der Waals surface area contributed by atoms with Crippen LogP contribution in [0.2, 0.25) is 0 Å². The summed E-state index contributed by atoms with van der Waals surface area (Å²) >= 11 is 0. The van der Waals surface area contributed by atoms with E-state index >= 15 is 0 Å². The molecule has 3 N–H and O–H groups in total. The maximum Gasteiger partial charge on any atom is 0.138 e. The molecule has 0 radical (unpaired) electrons. The Bertz CT molecular complexity index is 443. The Morgan fingerprint density at radius 3 is 2.74 bits per heavy atom. The van der Waals surface area contributed by atoms with E-state index in [0.29, 0.717) is 5.69 Å². The van der Waals surface area contributed by atoms with Crippen molar-refractivity contribution < 1.29 is 5.11 Å². The minimum atomic E-state index is 0.181. The topological polar surface area (TPSA) is 52.7 Å². The van der Waals surface area contributed by atoms with Crippen molar-refractivity contribution in [1.82, 2.24) is 9.80 Å². The van der Waals surface area contributed by atoms with Crippen LogP contribution in [0.3, 0.4) is 0 Å². The van der Waals surface area contributed by atoms with Gasteiger partial charge in [0.2, 0.25) is 0 Å². The van der Waals surface area contributed by atoms with Crippen LogP contribution in [0, 0.1) is 0 Å². The summed E-state index contributed by atoms with van der Waals surface area (Å²) in [7, 11) is 0. The van der Waals surface area contributed by atoms with Crippen molar-refractivity contribution in [2.24, 2.45) is 0 Å². The van der Waals surface area contributed by atoms with Gasteiger partial charge in [0.15, 0.2) is 0 Å². The van der Waals surface area contributed by atoms with E-state index in [1.807, 2.05) is 12.1 Å². The zero-order chi connectivity index (χ0) is 13.2. The van der Waals surface area contributed by atoms with Gasteiger partial charge < -0.3 is 10.8 Å². The molecule has 3 rings (SSSR count). The Morgan fingerprint density at radius 1 is 1.21 bits per heavy atom. The van der Waals surface area contributed by atoms with Crippen LogP contribution in [0.4, 0.5) is 5.69 Å². The predicted molar refractivity (Wildman–Crippen MR) is 77.0 cm³/mol. The van der Waals surface area contributed by atoms with Gasteiger partial charge in [-0.25, -0.2) is 0 Å². The predicted octanol–water partition coefficient (Wildman–Crippen LogP) is 1.64. The van der Waals surface area contributed by atoms with Gasteiger partial charge in [-0.05, 0) is 50.0 Å². The van der Waals surface area contributed by atoms with Crippen molar-refractivity contribution in [3.63, 3.8) is 0 Å². The fourth-order valence-corrected chi connectivity index (χ4v) is 3.32. The van der Waals surface area contributed by atoms with Gasteiger partial charge in [0.1, 0.15) is 5.75 Å². The normalized spacial score (nSPS) is 25.2. The van der Waals surface area contributed by atoms with Gasteiger partial charge in [-0.2, -0.15) is 0 Å². The van der Waals surface area contributed by atoms with Gasteiger partial charge >= 0.3 is 0 Å². The molecule has 2 aliphatic heterocycles. The van der Waals surface area contributed by atoms with Crippen LogP contribution in [-0.4, -0.2) is 47.1 Å². The summed E-state index contributed by atoms with van der Waals surface area (Å²) in [6.45, 7) is 5.84. The molecule has 2 aliphatic rings. The number of likely N-dealkylation sites (tertiary alicyclic amines) is 2. The Morgan fingerprint density at radius 2 is 2.00 bits per heavy atom. The van der Waals surface area contributed by atoms with E-state index < -0.39 is 0 Å². The van der Waals surface area contributed by atoms with Crippen molar-refractivity contribution in [2.75, 3.05) is 31.9 Å². The highest BCUT2D eigenvalue weighted by Crippen LogP contribution is 2.24. The number of benzene rings is 1. The lowest BCUT2D eigenvalue weighted by Gasteiger charge is -2.23. The number of nitrogens with zero attached hydrogens (tertiary/aromatic N) is 2. The molecule has 4 heteroatoms. The summed E-state index contributed by atoms with van der Waals surface area (Å²) in [5.41, 5.74) is 7.42. The maximum absolute atomic E-state index is 9.44. The smallest absolute Gasteiger partial charge is 0.138 e. The molecule has 1 aromatic rings. The van der Waals surface area contributed by atoms with E-state index in [-0.39, 0.29) is 5.75 Å². The minimum Gasteiger partial charge on any atom is -0.506 e. The number of rotatable bonds is 3. The third kappa shape index (κ3) is 2.85. The van der Waals surface area contributed by atoms with E-state index in [1.54, 1.807) is 6.07 Å². The molecule has 1 atom stereocenters. The summed E-state index contributed by atoms with van der Waals surface area (Å²) < 4.78 is 0. The quantitative estimate of drug-likeness (QED) is 0.641. The van der Waals surface area contributed by atoms with Gasteiger partial charge in [-0.1, -0.05) is 6.07 Å². The molecule has 0 bridgehead atoms. The number of nitrogen functional groups attached to an aromatic ring is 1. The number of anilines is 1. The molecule has 0 spiro atoms. The Hall–Kier alpha value is -1.26. The molecule has 2 heterocycles. The lowest BCUT2D eigenvalue weighted by molar-refractivity contribution is 0.230. The van der Waals surface area contributed by atoms with Crippen LogP contribution in [0.25, 0.3) is 0 Å². The highest BCUT2D eigenvalue weighted by molar-refractivity contribution is 5.53. The number of hydrogen-bond acceptors (Lipinski definition) is 4. The van der Waals surface area contributed by atoms with E-state index in [4.69, 9.17) is 5.73 Å². The van der Waals surface area contributed by atoms with Crippen molar-refractivity contribution >= 4 is 5.69 Å². The molecule has 0 aliphatic carbocycles. The molecule has 2 saturated heterocycles. The Kier molecular flexibility index (Phi) is 3.62. The Labute approximate surface area is 114 Å². The Balaban J connectivity index is 1.57. The fourth-order valence-electron chi connectivity index (χ4n) is 3.32. The van der Waals surface area contributed by atoms with Gasteiger partial charge in [-0.15, -0.1) is 0 Å². The number of aromatic hydroxyl groups is 1. The standard InChI is InChI=1S/C15H23N3O/c16-14-9-12(3-4-15(14)19)10-17-8-5-13(11-17)18-6-1-2-7-18/h3-4,9,13,19H,1-2,5-8,10-11,16H2. The SMILES string of the molecule is Nc1cc(CN2CCC(N3CCCC3)C2)ccc1O. The monoisotopic (exact) mass is 261 g/mol. The number of nitrogens with two attached hydrogens (primary N) is 1. The zero-order valence-electron chi connectivity index (χ0n) is 11.4. The molecule has 4 nitrogen and oxygen atoms in total. The van der Waals surface area contributed by atoms with Crippen LogP contribution in [0.5, 0.6) is 5.75 Å². The second-order valence-corrected chi connectivity index (χ2v) is 5.81. The van der Waals surface area contributed by atoms with E-state index in [9.17, 15) is 5.11 Å². The minimum absolute atomic E-state index is 0.181.